The second-order valence-electron chi connectivity index (χ2n) is 6.96. The van der Waals surface area contributed by atoms with Crippen LogP contribution in [0.4, 0.5) is 5.69 Å². The number of halogens is 1. The van der Waals surface area contributed by atoms with Crippen molar-refractivity contribution < 1.29 is 0 Å². The second-order valence-corrected chi connectivity index (χ2v) is 7.40. The van der Waals surface area contributed by atoms with Crippen LogP contribution in [-0.4, -0.2) is 19.1 Å². The molecule has 1 heterocycles. The highest BCUT2D eigenvalue weighted by Crippen LogP contribution is 2.34. The number of nitrogens with one attached hydrogen (secondary N) is 1. The first-order valence-corrected chi connectivity index (χ1v) is 8.02. The molecule has 2 nitrogen and oxygen atoms in total. The van der Waals surface area contributed by atoms with E-state index in [-0.39, 0.29) is 0 Å². The third-order valence-electron chi connectivity index (χ3n) is 4.21. The number of anilines is 1. The number of piperidine rings is 1. The van der Waals surface area contributed by atoms with Crippen molar-refractivity contribution in [3.8, 4) is 0 Å². The molecular formula is C17H27ClN2. The summed E-state index contributed by atoms with van der Waals surface area (Å²) < 4.78 is 0. The lowest BCUT2D eigenvalue weighted by Crippen LogP contribution is -2.38. The highest BCUT2D eigenvalue weighted by molar-refractivity contribution is 6.30. The maximum Gasteiger partial charge on any atom is 0.0426 e. The average molecular weight is 295 g/mol. The molecule has 0 saturated carbocycles. The van der Waals surface area contributed by atoms with Crippen LogP contribution in [0.25, 0.3) is 0 Å². The summed E-state index contributed by atoms with van der Waals surface area (Å²) in [4.78, 5) is 2.49. The van der Waals surface area contributed by atoms with E-state index in [4.69, 9.17) is 11.6 Å². The largest absolute Gasteiger partial charge is 0.371 e. The quantitative estimate of drug-likeness (QED) is 0.882. The lowest BCUT2D eigenvalue weighted by molar-refractivity contribution is 0.279. The Morgan fingerprint density at radius 1 is 1.25 bits per heavy atom. The SMILES string of the molecule is CC(C)NCc1ccc(Cl)cc1N1CCC(C)(C)CC1. The van der Waals surface area contributed by atoms with Crippen LogP contribution in [0.3, 0.4) is 0 Å². The maximum absolute atomic E-state index is 6.21. The minimum Gasteiger partial charge on any atom is -0.371 e. The number of hydrogen-bond acceptors (Lipinski definition) is 2. The van der Waals surface area contributed by atoms with E-state index in [1.54, 1.807) is 0 Å². The number of hydrogen-bond donors (Lipinski definition) is 1. The van der Waals surface area contributed by atoms with E-state index in [1.165, 1.54) is 24.1 Å². The molecule has 0 radical (unpaired) electrons. The zero-order chi connectivity index (χ0) is 14.8. The van der Waals surface area contributed by atoms with E-state index < -0.39 is 0 Å². The molecule has 0 aliphatic carbocycles. The summed E-state index contributed by atoms with van der Waals surface area (Å²) in [5, 5.41) is 4.34. The van der Waals surface area contributed by atoms with Crippen molar-refractivity contribution >= 4 is 17.3 Å². The summed E-state index contributed by atoms with van der Waals surface area (Å²) >= 11 is 6.21. The van der Waals surface area contributed by atoms with Crippen LogP contribution in [0.1, 0.15) is 46.1 Å². The second kappa shape index (κ2) is 6.36. The molecule has 1 aliphatic rings. The van der Waals surface area contributed by atoms with Crippen LogP contribution in [0.15, 0.2) is 18.2 Å². The molecule has 1 aromatic carbocycles. The van der Waals surface area contributed by atoms with Crippen LogP contribution in [0.5, 0.6) is 0 Å². The molecule has 3 heteroatoms. The van der Waals surface area contributed by atoms with Crippen molar-refractivity contribution in [3.05, 3.63) is 28.8 Å². The monoisotopic (exact) mass is 294 g/mol. The van der Waals surface area contributed by atoms with E-state index in [9.17, 15) is 0 Å². The predicted molar refractivity (Wildman–Crippen MR) is 88.7 cm³/mol. The number of nitrogens with zero attached hydrogens (tertiary/aromatic N) is 1. The molecule has 0 atom stereocenters. The third-order valence-corrected chi connectivity index (χ3v) is 4.44. The first kappa shape index (κ1) is 15.7. The van der Waals surface area contributed by atoms with Crippen molar-refractivity contribution in [1.82, 2.24) is 5.32 Å². The Bertz CT molecular complexity index is 444. The molecule has 1 aromatic rings. The number of rotatable bonds is 4. The lowest BCUT2D eigenvalue weighted by Gasteiger charge is -2.39. The molecule has 2 rings (SSSR count). The molecule has 20 heavy (non-hydrogen) atoms. The summed E-state index contributed by atoms with van der Waals surface area (Å²) in [6.07, 6.45) is 2.49. The van der Waals surface area contributed by atoms with Crippen molar-refractivity contribution in [2.75, 3.05) is 18.0 Å². The van der Waals surface area contributed by atoms with Gasteiger partial charge in [0.15, 0.2) is 0 Å². The van der Waals surface area contributed by atoms with Gasteiger partial charge in [-0.3, -0.25) is 0 Å². The van der Waals surface area contributed by atoms with Crippen LogP contribution in [0.2, 0.25) is 5.02 Å². The lowest BCUT2D eigenvalue weighted by atomic mass is 9.82. The van der Waals surface area contributed by atoms with E-state index in [0.29, 0.717) is 11.5 Å². The predicted octanol–water partition coefficient (Wildman–Crippen LogP) is 4.46. The van der Waals surface area contributed by atoms with Gasteiger partial charge in [-0.2, -0.15) is 0 Å². The van der Waals surface area contributed by atoms with E-state index in [0.717, 1.165) is 24.7 Å². The topological polar surface area (TPSA) is 15.3 Å². The Labute approximate surface area is 128 Å². The molecule has 0 bridgehead atoms. The van der Waals surface area contributed by atoms with Crippen LogP contribution in [-0.2, 0) is 6.54 Å². The zero-order valence-electron chi connectivity index (χ0n) is 13.2. The summed E-state index contributed by atoms with van der Waals surface area (Å²) in [6.45, 7) is 12.2. The molecule has 1 N–H and O–H groups in total. The Morgan fingerprint density at radius 3 is 2.50 bits per heavy atom. The molecule has 1 saturated heterocycles. The van der Waals surface area contributed by atoms with E-state index >= 15 is 0 Å². The average Bonchev–Trinajstić information content (AvgIpc) is 2.37. The summed E-state index contributed by atoms with van der Waals surface area (Å²) in [6, 6.07) is 6.78. The highest BCUT2D eigenvalue weighted by atomic mass is 35.5. The fourth-order valence-corrected chi connectivity index (χ4v) is 2.81. The molecule has 0 spiro atoms. The fraction of sp³-hybridized carbons (Fsp3) is 0.647. The summed E-state index contributed by atoms with van der Waals surface area (Å²) in [7, 11) is 0. The van der Waals surface area contributed by atoms with Crippen molar-refractivity contribution in [3.63, 3.8) is 0 Å². The van der Waals surface area contributed by atoms with Gasteiger partial charge < -0.3 is 10.2 Å². The molecule has 1 fully saturated rings. The standard InChI is InChI=1S/C17H27ClN2/c1-13(2)19-12-14-5-6-15(18)11-16(14)20-9-7-17(3,4)8-10-20/h5-6,11,13,19H,7-10,12H2,1-4H3. The summed E-state index contributed by atoms with van der Waals surface area (Å²) in [5.74, 6) is 0. The van der Waals surface area contributed by atoms with Gasteiger partial charge in [0, 0.05) is 36.4 Å². The molecule has 0 unspecified atom stereocenters. The molecule has 0 aromatic heterocycles. The van der Waals surface area contributed by atoms with Gasteiger partial charge in [-0.1, -0.05) is 45.4 Å². The first-order chi connectivity index (χ1) is 9.37. The van der Waals surface area contributed by atoms with Gasteiger partial charge >= 0.3 is 0 Å². The van der Waals surface area contributed by atoms with Gasteiger partial charge in [-0.25, -0.2) is 0 Å². The van der Waals surface area contributed by atoms with Gasteiger partial charge in [0.2, 0.25) is 0 Å². The van der Waals surface area contributed by atoms with Gasteiger partial charge in [-0.05, 0) is 36.0 Å². The van der Waals surface area contributed by atoms with Crippen LogP contribution >= 0.6 is 11.6 Å². The van der Waals surface area contributed by atoms with E-state index in [1.807, 2.05) is 6.07 Å². The van der Waals surface area contributed by atoms with Gasteiger partial charge in [-0.15, -0.1) is 0 Å². The van der Waals surface area contributed by atoms with Crippen molar-refractivity contribution in [1.29, 1.82) is 0 Å². The molecule has 0 amide bonds. The van der Waals surface area contributed by atoms with Crippen LogP contribution < -0.4 is 10.2 Å². The molecule has 1 aliphatic heterocycles. The Hall–Kier alpha value is -0.730. The minimum atomic E-state index is 0.478. The van der Waals surface area contributed by atoms with Gasteiger partial charge in [0.1, 0.15) is 0 Å². The summed E-state index contributed by atoms with van der Waals surface area (Å²) in [5.41, 5.74) is 3.13. The van der Waals surface area contributed by atoms with Crippen molar-refractivity contribution in [2.24, 2.45) is 5.41 Å². The number of benzene rings is 1. The van der Waals surface area contributed by atoms with Gasteiger partial charge in [0.25, 0.3) is 0 Å². The van der Waals surface area contributed by atoms with E-state index in [2.05, 4.69) is 50.0 Å². The Balaban J connectivity index is 2.15. The Morgan fingerprint density at radius 2 is 1.90 bits per heavy atom. The fourth-order valence-electron chi connectivity index (χ4n) is 2.65. The third kappa shape index (κ3) is 4.13. The van der Waals surface area contributed by atoms with Crippen molar-refractivity contribution in [2.45, 2.75) is 53.1 Å². The normalized spacial score (nSPS) is 18.6. The van der Waals surface area contributed by atoms with Crippen LogP contribution in [0, 0.1) is 5.41 Å². The minimum absolute atomic E-state index is 0.478. The maximum atomic E-state index is 6.21. The zero-order valence-corrected chi connectivity index (χ0v) is 13.9. The molecule has 112 valence electrons. The highest BCUT2D eigenvalue weighted by Gasteiger charge is 2.26. The smallest absolute Gasteiger partial charge is 0.0426 e. The first-order valence-electron chi connectivity index (χ1n) is 7.64. The molecular weight excluding hydrogens is 268 g/mol. The van der Waals surface area contributed by atoms with Gasteiger partial charge in [0.05, 0.1) is 0 Å². The Kier molecular flexibility index (Phi) is 4.98.